The molecule has 0 bridgehead atoms. The van der Waals surface area contributed by atoms with Gasteiger partial charge in [0, 0.05) is 11.8 Å². The van der Waals surface area contributed by atoms with E-state index in [1.807, 2.05) is 47.8 Å². The Morgan fingerprint density at radius 2 is 1.87 bits per heavy atom. The van der Waals surface area contributed by atoms with Crippen LogP contribution in [0.15, 0.2) is 78.2 Å². The number of primary amides is 1. The van der Waals surface area contributed by atoms with Gasteiger partial charge in [0.05, 0.1) is 10.6 Å². The number of hydrogen-bond donors (Lipinski definition) is 2. The van der Waals surface area contributed by atoms with Crippen LogP contribution in [0.3, 0.4) is 0 Å². The van der Waals surface area contributed by atoms with Crippen molar-refractivity contribution in [3.05, 3.63) is 83.9 Å². The molecule has 0 fully saturated rings. The number of nitrogens with one attached hydrogen (secondary N) is 1. The fourth-order valence-electron chi connectivity index (χ4n) is 2.87. The van der Waals surface area contributed by atoms with E-state index in [2.05, 4.69) is 10.4 Å². The maximum absolute atomic E-state index is 13.1. The number of benzene rings is 2. The van der Waals surface area contributed by atoms with E-state index in [-0.39, 0.29) is 12.5 Å². The van der Waals surface area contributed by atoms with Gasteiger partial charge < -0.3 is 15.8 Å². The topological polar surface area (TPSA) is 99.2 Å². The van der Waals surface area contributed by atoms with Crippen molar-refractivity contribution in [2.75, 3.05) is 11.9 Å². The largest absolute Gasteiger partial charge is 0.484 e. The molecule has 0 spiro atoms. The zero-order chi connectivity index (χ0) is 20.9. The van der Waals surface area contributed by atoms with Gasteiger partial charge in [-0.05, 0) is 41.8 Å². The predicted octanol–water partition coefficient (Wildman–Crippen LogP) is 3.72. The van der Waals surface area contributed by atoms with Gasteiger partial charge in [-0.3, -0.25) is 9.59 Å². The molecule has 0 saturated carbocycles. The average molecular weight is 418 g/mol. The van der Waals surface area contributed by atoms with Gasteiger partial charge in [-0.1, -0.05) is 30.3 Å². The zero-order valence-corrected chi connectivity index (χ0v) is 16.6. The highest BCUT2D eigenvalue weighted by molar-refractivity contribution is 7.13. The molecule has 2 aromatic heterocycles. The number of nitrogens with two attached hydrogens (primary N) is 1. The molecule has 0 aliphatic carbocycles. The van der Waals surface area contributed by atoms with Crippen LogP contribution >= 0.6 is 11.3 Å². The van der Waals surface area contributed by atoms with Gasteiger partial charge in [-0.25, -0.2) is 4.68 Å². The molecule has 8 heteroatoms. The Labute approximate surface area is 176 Å². The molecule has 30 heavy (non-hydrogen) atoms. The Balaban J connectivity index is 1.64. The molecule has 0 aliphatic heterocycles. The summed E-state index contributed by atoms with van der Waals surface area (Å²) in [4.78, 5) is 25.0. The number of thiophene rings is 1. The first-order valence-corrected chi connectivity index (χ1v) is 10.00. The van der Waals surface area contributed by atoms with Gasteiger partial charge in [0.25, 0.3) is 11.8 Å². The van der Waals surface area contributed by atoms with Crippen LogP contribution < -0.4 is 15.8 Å². The van der Waals surface area contributed by atoms with Crippen LogP contribution in [0.5, 0.6) is 5.75 Å². The third kappa shape index (κ3) is 4.39. The number of carbonyl (C=O) groups excluding carboxylic acids is 2. The normalized spacial score (nSPS) is 10.5. The number of nitrogens with zero attached hydrogens (tertiary/aromatic N) is 2. The van der Waals surface area contributed by atoms with Crippen LogP contribution in [-0.2, 0) is 4.79 Å². The number of rotatable bonds is 7. The summed E-state index contributed by atoms with van der Waals surface area (Å²) in [5.74, 6) is -0.457. The van der Waals surface area contributed by atoms with Gasteiger partial charge >= 0.3 is 0 Å². The van der Waals surface area contributed by atoms with Crippen molar-refractivity contribution >= 4 is 28.8 Å². The highest BCUT2D eigenvalue weighted by Crippen LogP contribution is 2.26. The van der Waals surface area contributed by atoms with Gasteiger partial charge in [0.15, 0.2) is 6.61 Å². The standard InChI is InChI=1S/C22H18N4O3S/c23-21(27)14-29-17-9-4-6-15(12-17)24-22(28)19-13-18(20-10-5-11-30-20)25-26(19)16-7-2-1-3-8-16/h1-13H,14H2,(H2,23,27)(H,24,28). The predicted molar refractivity (Wildman–Crippen MR) is 116 cm³/mol. The summed E-state index contributed by atoms with van der Waals surface area (Å²) in [6, 6.07) is 21.9. The quantitative estimate of drug-likeness (QED) is 0.478. The van der Waals surface area contributed by atoms with Crippen LogP contribution in [0, 0.1) is 0 Å². The zero-order valence-electron chi connectivity index (χ0n) is 15.8. The first-order valence-electron chi connectivity index (χ1n) is 9.12. The Bertz CT molecular complexity index is 1170. The van der Waals surface area contributed by atoms with Crippen molar-refractivity contribution in [1.82, 2.24) is 9.78 Å². The summed E-state index contributed by atoms with van der Waals surface area (Å²) in [7, 11) is 0. The number of ether oxygens (including phenoxy) is 1. The SMILES string of the molecule is NC(=O)COc1cccc(NC(=O)c2cc(-c3cccs3)nn2-c2ccccc2)c1. The molecule has 7 nitrogen and oxygen atoms in total. The second-order valence-electron chi connectivity index (χ2n) is 6.38. The second kappa shape index (κ2) is 8.62. The number of hydrogen-bond acceptors (Lipinski definition) is 5. The maximum atomic E-state index is 13.1. The monoisotopic (exact) mass is 418 g/mol. The molecule has 2 amide bonds. The van der Waals surface area contributed by atoms with Crippen molar-refractivity contribution in [3.8, 4) is 22.0 Å². The van der Waals surface area contributed by atoms with E-state index in [1.165, 1.54) is 0 Å². The van der Waals surface area contributed by atoms with Crippen LogP contribution in [0.2, 0.25) is 0 Å². The molecular weight excluding hydrogens is 400 g/mol. The average Bonchev–Trinajstić information content (AvgIpc) is 3.43. The Hall–Kier alpha value is -3.91. The van der Waals surface area contributed by atoms with E-state index < -0.39 is 5.91 Å². The lowest BCUT2D eigenvalue weighted by atomic mass is 10.2. The van der Waals surface area contributed by atoms with Crippen molar-refractivity contribution in [2.24, 2.45) is 5.73 Å². The number of aromatic nitrogens is 2. The van der Waals surface area contributed by atoms with Gasteiger partial charge in [0.2, 0.25) is 0 Å². The summed E-state index contributed by atoms with van der Waals surface area (Å²) in [5, 5.41) is 9.47. The summed E-state index contributed by atoms with van der Waals surface area (Å²) >= 11 is 1.56. The second-order valence-corrected chi connectivity index (χ2v) is 7.32. The molecule has 4 aromatic rings. The van der Waals surface area contributed by atoms with E-state index in [0.29, 0.717) is 17.1 Å². The molecule has 2 aromatic carbocycles. The van der Waals surface area contributed by atoms with E-state index >= 15 is 0 Å². The summed E-state index contributed by atoms with van der Waals surface area (Å²) in [5.41, 5.74) is 7.53. The molecule has 150 valence electrons. The third-order valence-corrected chi connectivity index (χ3v) is 5.08. The van der Waals surface area contributed by atoms with Crippen LogP contribution in [0.25, 0.3) is 16.3 Å². The lowest BCUT2D eigenvalue weighted by Gasteiger charge is -2.10. The minimum absolute atomic E-state index is 0.234. The van der Waals surface area contributed by atoms with Gasteiger partial charge in [-0.15, -0.1) is 11.3 Å². The highest BCUT2D eigenvalue weighted by atomic mass is 32.1. The van der Waals surface area contributed by atoms with E-state index in [0.717, 1.165) is 16.3 Å². The summed E-state index contributed by atoms with van der Waals surface area (Å²) in [6.07, 6.45) is 0. The summed E-state index contributed by atoms with van der Waals surface area (Å²) < 4.78 is 6.92. The third-order valence-electron chi connectivity index (χ3n) is 4.19. The Morgan fingerprint density at radius 3 is 2.60 bits per heavy atom. The number of carbonyl (C=O) groups is 2. The Kier molecular flexibility index (Phi) is 5.58. The molecule has 2 heterocycles. The first kappa shape index (κ1) is 19.4. The minimum Gasteiger partial charge on any atom is -0.484 e. The van der Waals surface area contributed by atoms with Crippen LogP contribution in [0.4, 0.5) is 5.69 Å². The maximum Gasteiger partial charge on any atom is 0.274 e. The molecule has 0 atom stereocenters. The van der Waals surface area contributed by atoms with Crippen molar-refractivity contribution in [2.45, 2.75) is 0 Å². The smallest absolute Gasteiger partial charge is 0.274 e. The van der Waals surface area contributed by atoms with Crippen molar-refractivity contribution < 1.29 is 14.3 Å². The van der Waals surface area contributed by atoms with Crippen LogP contribution in [0.1, 0.15) is 10.5 Å². The van der Waals surface area contributed by atoms with Gasteiger partial charge in [-0.2, -0.15) is 5.10 Å². The Morgan fingerprint density at radius 1 is 1.03 bits per heavy atom. The molecule has 0 unspecified atom stereocenters. The van der Waals surface area contributed by atoms with Crippen molar-refractivity contribution in [3.63, 3.8) is 0 Å². The van der Waals surface area contributed by atoms with Crippen molar-refractivity contribution in [1.29, 1.82) is 0 Å². The molecular formula is C22H18N4O3S. The van der Waals surface area contributed by atoms with E-state index in [4.69, 9.17) is 10.5 Å². The molecule has 0 radical (unpaired) electrons. The molecule has 0 saturated heterocycles. The lowest BCUT2D eigenvalue weighted by Crippen LogP contribution is -2.20. The van der Waals surface area contributed by atoms with E-state index in [9.17, 15) is 9.59 Å². The fourth-order valence-corrected chi connectivity index (χ4v) is 3.55. The van der Waals surface area contributed by atoms with Gasteiger partial charge in [0.1, 0.15) is 17.1 Å². The minimum atomic E-state index is -0.572. The fraction of sp³-hybridized carbons (Fsp3) is 0.0455. The molecule has 0 aliphatic rings. The van der Waals surface area contributed by atoms with E-state index in [1.54, 1.807) is 46.4 Å². The first-order chi connectivity index (χ1) is 14.6. The van der Waals surface area contributed by atoms with Crippen LogP contribution in [-0.4, -0.2) is 28.2 Å². The number of amides is 2. The number of anilines is 1. The molecule has 3 N–H and O–H groups in total. The summed E-state index contributed by atoms with van der Waals surface area (Å²) in [6.45, 7) is -0.234. The highest BCUT2D eigenvalue weighted by Gasteiger charge is 2.18. The molecule has 4 rings (SSSR count). The lowest BCUT2D eigenvalue weighted by molar-refractivity contribution is -0.119. The number of para-hydroxylation sites is 1.